The number of anilines is 1. The maximum Gasteiger partial charge on any atom is 0.282 e. The summed E-state index contributed by atoms with van der Waals surface area (Å²) in [6, 6.07) is 23.5. The van der Waals surface area contributed by atoms with Crippen LogP contribution in [0.2, 0.25) is 0 Å². The molecule has 0 saturated carbocycles. The van der Waals surface area contributed by atoms with E-state index in [-0.39, 0.29) is 17.8 Å². The van der Waals surface area contributed by atoms with Crippen molar-refractivity contribution in [1.82, 2.24) is 0 Å². The third-order valence-corrected chi connectivity index (χ3v) is 4.43. The average molecular weight is 379 g/mol. The molecule has 3 aromatic carbocycles. The van der Waals surface area contributed by atoms with Gasteiger partial charge >= 0.3 is 0 Å². The molecule has 4 nitrogen and oxygen atoms in total. The molecule has 0 aliphatic rings. The van der Waals surface area contributed by atoms with Crippen molar-refractivity contribution < 1.29 is 19.2 Å². The van der Waals surface area contributed by atoms with Gasteiger partial charge in [-0.15, -0.1) is 0 Å². The molecule has 0 heterocycles. The molecule has 0 unspecified atom stereocenters. The number of halogens is 1. The van der Waals surface area contributed by atoms with Crippen molar-refractivity contribution >= 4 is 11.6 Å². The van der Waals surface area contributed by atoms with E-state index in [4.69, 9.17) is 4.74 Å². The minimum Gasteiger partial charge on any atom is -0.489 e. The fourth-order valence-electron chi connectivity index (χ4n) is 2.71. The zero-order valence-electron chi connectivity index (χ0n) is 15.8. The lowest BCUT2D eigenvalue weighted by molar-refractivity contribution is -0.688. The number of quaternary nitrogens is 1. The summed E-state index contributed by atoms with van der Waals surface area (Å²) in [5.41, 5.74) is 2.38. The van der Waals surface area contributed by atoms with Gasteiger partial charge in [0.25, 0.3) is 5.91 Å². The Labute approximate surface area is 164 Å². The van der Waals surface area contributed by atoms with Crippen molar-refractivity contribution in [2.24, 2.45) is 0 Å². The van der Waals surface area contributed by atoms with Gasteiger partial charge in [0, 0.05) is 11.3 Å². The number of nitrogens with two attached hydrogens (primary N) is 1. The lowest BCUT2D eigenvalue weighted by Gasteiger charge is -2.12. The number of hydrogen-bond acceptors (Lipinski definition) is 2. The molecule has 3 rings (SSSR count). The minimum atomic E-state index is -0.339. The van der Waals surface area contributed by atoms with Crippen LogP contribution in [0.5, 0.6) is 5.75 Å². The monoisotopic (exact) mass is 379 g/mol. The van der Waals surface area contributed by atoms with Crippen LogP contribution in [0.1, 0.15) is 18.1 Å². The molecule has 0 aromatic heterocycles. The smallest absolute Gasteiger partial charge is 0.282 e. The Kier molecular flexibility index (Phi) is 6.76. The minimum absolute atomic E-state index is 0.130. The predicted octanol–water partition coefficient (Wildman–Crippen LogP) is 3.50. The highest BCUT2D eigenvalue weighted by Crippen LogP contribution is 2.17. The summed E-state index contributed by atoms with van der Waals surface area (Å²) in [7, 11) is 0. The van der Waals surface area contributed by atoms with Crippen molar-refractivity contribution in [2.45, 2.75) is 26.1 Å². The Balaban J connectivity index is 1.47. The van der Waals surface area contributed by atoms with E-state index in [1.807, 2.05) is 59.9 Å². The molecule has 5 heteroatoms. The van der Waals surface area contributed by atoms with E-state index >= 15 is 0 Å². The van der Waals surface area contributed by atoms with Crippen LogP contribution in [-0.2, 0) is 17.9 Å². The lowest BCUT2D eigenvalue weighted by Crippen LogP contribution is -2.90. The van der Waals surface area contributed by atoms with Crippen molar-refractivity contribution in [3.63, 3.8) is 0 Å². The molecule has 3 N–H and O–H groups in total. The Bertz CT molecular complexity index is 898. The van der Waals surface area contributed by atoms with E-state index in [0.29, 0.717) is 24.4 Å². The van der Waals surface area contributed by atoms with Crippen LogP contribution in [-0.4, -0.2) is 11.9 Å². The summed E-state index contributed by atoms with van der Waals surface area (Å²) in [4.78, 5) is 12.3. The number of amides is 1. The average Bonchev–Trinajstić information content (AvgIpc) is 2.73. The van der Waals surface area contributed by atoms with Gasteiger partial charge in [-0.2, -0.15) is 0 Å². The van der Waals surface area contributed by atoms with Crippen LogP contribution >= 0.6 is 0 Å². The molecular formula is C23H24FN2O2+. The van der Waals surface area contributed by atoms with Crippen LogP contribution in [0, 0.1) is 5.82 Å². The lowest BCUT2D eigenvalue weighted by atomic mass is 10.2. The first-order chi connectivity index (χ1) is 13.6. The second-order valence-corrected chi connectivity index (χ2v) is 6.61. The van der Waals surface area contributed by atoms with Gasteiger partial charge in [-0.05, 0) is 42.8 Å². The molecule has 3 aromatic rings. The van der Waals surface area contributed by atoms with Crippen molar-refractivity contribution in [1.29, 1.82) is 0 Å². The molecule has 0 fully saturated rings. The van der Waals surface area contributed by atoms with Gasteiger partial charge in [-0.3, -0.25) is 4.79 Å². The second kappa shape index (κ2) is 9.67. The van der Waals surface area contributed by atoms with E-state index in [1.54, 1.807) is 25.1 Å². The topological polar surface area (TPSA) is 54.9 Å². The van der Waals surface area contributed by atoms with Gasteiger partial charge in [0.05, 0.1) is 0 Å². The fraction of sp³-hybridized carbons (Fsp3) is 0.174. The molecule has 1 amide bonds. The fourth-order valence-corrected chi connectivity index (χ4v) is 2.71. The third-order valence-electron chi connectivity index (χ3n) is 4.43. The highest BCUT2D eigenvalue weighted by atomic mass is 19.1. The maximum absolute atomic E-state index is 13.7. The molecular weight excluding hydrogens is 355 g/mol. The number of ether oxygens (including phenoxy) is 1. The summed E-state index contributed by atoms with van der Waals surface area (Å²) in [6.07, 6.45) is 0. The Hall–Kier alpha value is -3.18. The number of nitrogens with one attached hydrogen (secondary N) is 1. The quantitative estimate of drug-likeness (QED) is 0.629. The Morgan fingerprint density at radius 3 is 2.39 bits per heavy atom. The maximum atomic E-state index is 13.7. The summed E-state index contributed by atoms with van der Waals surface area (Å²) >= 11 is 0. The first-order valence-corrected chi connectivity index (χ1v) is 9.26. The van der Waals surface area contributed by atoms with Crippen LogP contribution in [0.3, 0.4) is 0 Å². The SMILES string of the molecule is C[C@H]([NH2+]Cc1ccccc1F)C(=O)Nc1ccc(OCc2ccccc2)cc1. The largest absolute Gasteiger partial charge is 0.489 e. The summed E-state index contributed by atoms with van der Waals surface area (Å²) in [5, 5.41) is 4.68. The number of carbonyl (C=O) groups excluding carboxylic acids is 1. The van der Waals surface area contributed by atoms with Crippen LogP contribution < -0.4 is 15.4 Å². The van der Waals surface area contributed by atoms with E-state index in [0.717, 1.165) is 11.3 Å². The number of benzene rings is 3. The van der Waals surface area contributed by atoms with E-state index < -0.39 is 0 Å². The van der Waals surface area contributed by atoms with Gasteiger partial charge in [0.1, 0.15) is 24.7 Å². The molecule has 28 heavy (non-hydrogen) atoms. The molecule has 144 valence electrons. The van der Waals surface area contributed by atoms with Crippen LogP contribution in [0.15, 0.2) is 78.9 Å². The van der Waals surface area contributed by atoms with Gasteiger partial charge in [-0.1, -0.05) is 48.5 Å². The molecule has 0 aliphatic heterocycles. The van der Waals surface area contributed by atoms with E-state index in [2.05, 4.69) is 5.32 Å². The zero-order valence-corrected chi connectivity index (χ0v) is 15.8. The van der Waals surface area contributed by atoms with E-state index in [1.165, 1.54) is 6.07 Å². The standard InChI is InChI=1S/C23H23FN2O2/c1-17(25-15-19-9-5-6-10-22(19)24)23(27)26-20-11-13-21(14-12-20)28-16-18-7-3-2-4-8-18/h2-14,17,25H,15-16H2,1H3,(H,26,27)/p+1/t17-/m0/s1. The normalized spacial score (nSPS) is 11.6. The van der Waals surface area contributed by atoms with Crippen molar-refractivity contribution in [2.75, 3.05) is 5.32 Å². The first kappa shape index (κ1) is 19.6. The highest BCUT2D eigenvalue weighted by molar-refractivity contribution is 5.93. The molecule has 1 atom stereocenters. The Morgan fingerprint density at radius 2 is 1.68 bits per heavy atom. The molecule has 0 spiro atoms. The van der Waals surface area contributed by atoms with E-state index in [9.17, 15) is 9.18 Å². The third kappa shape index (κ3) is 5.66. The van der Waals surface area contributed by atoms with Crippen molar-refractivity contribution in [3.8, 4) is 5.75 Å². The van der Waals surface area contributed by atoms with Gasteiger partial charge in [-0.25, -0.2) is 4.39 Å². The van der Waals surface area contributed by atoms with Gasteiger partial charge in [0.2, 0.25) is 0 Å². The van der Waals surface area contributed by atoms with Crippen LogP contribution in [0.25, 0.3) is 0 Å². The second-order valence-electron chi connectivity index (χ2n) is 6.61. The Morgan fingerprint density at radius 1 is 1.00 bits per heavy atom. The van der Waals surface area contributed by atoms with Crippen molar-refractivity contribution in [3.05, 3.63) is 95.8 Å². The molecule has 0 aliphatic carbocycles. The summed E-state index contributed by atoms with van der Waals surface area (Å²) in [6.45, 7) is 2.70. The predicted molar refractivity (Wildman–Crippen MR) is 107 cm³/mol. The summed E-state index contributed by atoms with van der Waals surface area (Å²) in [5.74, 6) is 0.354. The molecule has 0 saturated heterocycles. The number of hydrogen-bond donors (Lipinski definition) is 2. The number of carbonyl (C=O) groups is 1. The van der Waals surface area contributed by atoms with Crippen LogP contribution in [0.4, 0.5) is 10.1 Å². The molecule has 0 bridgehead atoms. The first-order valence-electron chi connectivity index (χ1n) is 9.26. The highest BCUT2D eigenvalue weighted by Gasteiger charge is 2.17. The number of rotatable bonds is 8. The summed E-state index contributed by atoms with van der Waals surface area (Å²) < 4.78 is 19.4. The van der Waals surface area contributed by atoms with Gasteiger partial charge in [0.15, 0.2) is 6.04 Å². The zero-order chi connectivity index (χ0) is 19.8. The van der Waals surface area contributed by atoms with Gasteiger partial charge < -0.3 is 15.4 Å². The molecule has 0 radical (unpaired) electrons.